The van der Waals surface area contributed by atoms with E-state index in [1.54, 1.807) is 43.3 Å². The summed E-state index contributed by atoms with van der Waals surface area (Å²) in [7, 11) is 0. The highest BCUT2D eigenvalue weighted by molar-refractivity contribution is 6.00. The third kappa shape index (κ3) is 4.79. The van der Waals surface area contributed by atoms with Gasteiger partial charge >= 0.3 is 6.18 Å². The molecule has 3 rings (SSSR count). The molecule has 6 nitrogen and oxygen atoms in total. The summed E-state index contributed by atoms with van der Waals surface area (Å²) >= 11 is 0. The highest BCUT2D eigenvalue weighted by Crippen LogP contribution is 2.31. The minimum absolute atomic E-state index is 0.0248. The molecule has 3 aromatic rings. The standard InChI is InChI=1S/C21H21F3N4O2/c1-4-29-17-11-10-14(12-18(17)30-5-2)13(3)27-28-19-15-8-6-7-9-16(15)25-20(26-19)21(22,23)24/h6-12H,4-5H2,1-3H3,(H,25,26,28)/b27-13-. The van der Waals surface area contributed by atoms with Gasteiger partial charge in [-0.15, -0.1) is 0 Å². The number of nitrogens with zero attached hydrogens (tertiary/aromatic N) is 3. The Morgan fingerprint density at radius 3 is 2.40 bits per heavy atom. The van der Waals surface area contributed by atoms with Gasteiger partial charge in [0, 0.05) is 10.9 Å². The molecule has 0 saturated carbocycles. The summed E-state index contributed by atoms with van der Waals surface area (Å²) in [5.41, 5.74) is 4.09. The number of para-hydroxylation sites is 1. The SMILES string of the molecule is CCOc1ccc(/C(C)=N\Nc2nc(C(F)(F)F)nc3ccccc23)cc1OCC. The maximum atomic E-state index is 13.2. The van der Waals surface area contributed by atoms with Gasteiger partial charge in [0.2, 0.25) is 5.82 Å². The van der Waals surface area contributed by atoms with E-state index >= 15 is 0 Å². The highest BCUT2D eigenvalue weighted by atomic mass is 19.4. The first-order chi connectivity index (χ1) is 14.3. The molecule has 0 spiro atoms. The van der Waals surface area contributed by atoms with Crippen molar-refractivity contribution < 1.29 is 22.6 Å². The van der Waals surface area contributed by atoms with E-state index in [1.165, 1.54) is 6.07 Å². The molecule has 0 aliphatic carbocycles. The van der Waals surface area contributed by atoms with Crippen molar-refractivity contribution in [2.45, 2.75) is 26.9 Å². The van der Waals surface area contributed by atoms with Crippen LogP contribution in [0.2, 0.25) is 0 Å². The molecule has 0 aliphatic rings. The Morgan fingerprint density at radius 1 is 1.00 bits per heavy atom. The van der Waals surface area contributed by atoms with Crippen molar-refractivity contribution >= 4 is 22.4 Å². The van der Waals surface area contributed by atoms with Crippen LogP contribution in [0.4, 0.5) is 19.0 Å². The number of hydrogen-bond donors (Lipinski definition) is 1. The van der Waals surface area contributed by atoms with Gasteiger partial charge < -0.3 is 9.47 Å². The monoisotopic (exact) mass is 418 g/mol. The van der Waals surface area contributed by atoms with E-state index < -0.39 is 12.0 Å². The summed E-state index contributed by atoms with van der Waals surface area (Å²) < 4.78 is 50.6. The molecule has 9 heteroatoms. The second-order valence-corrected chi connectivity index (χ2v) is 6.25. The Labute approximate surface area is 171 Å². The van der Waals surface area contributed by atoms with Crippen LogP contribution in [-0.4, -0.2) is 28.9 Å². The molecule has 0 aliphatic heterocycles. The zero-order valence-corrected chi connectivity index (χ0v) is 16.7. The summed E-state index contributed by atoms with van der Waals surface area (Å²) in [4.78, 5) is 7.22. The average molecular weight is 418 g/mol. The first-order valence-electron chi connectivity index (χ1n) is 9.37. The van der Waals surface area contributed by atoms with Gasteiger partial charge in [0.05, 0.1) is 24.4 Å². The minimum Gasteiger partial charge on any atom is -0.490 e. The van der Waals surface area contributed by atoms with Crippen LogP contribution in [-0.2, 0) is 6.18 Å². The fraction of sp³-hybridized carbons (Fsp3) is 0.286. The topological polar surface area (TPSA) is 68.6 Å². The van der Waals surface area contributed by atoms with Crippen LogP contribution in [0.5, 0.6) is 11.5 Å². The van der Waals surface area contributed by atoms with Crippen LogP contribution in [0.15, 0.2) is 47.6 Å². The number of fused-ring (bicyclic) bond motifs is 1. The van der Waals surface area contributed by atoms with Crippen molar-refractivity contribution in [1.82, 2.24) is 9.97 Å². The third-order valence-corrected chi connectivity index (χ3v) is 4.15. The summed E-state index contributed by atoms with van der Waals surface area (Å²) in [6.07, 6.45) is -4.67. The first-order valence-corrected chi connectivity index (χ1v) is 9.37. The van der Waals surface area contributed by atoms with Gasteiger partial charge in [-0.3, -0.25) is 5.43 Å². The fourth-order valence-corrected chi connectivity index (χ4v) is 2.77. The van der Waals surface area contributed by atoms with Gasteiger partial charge in [-0.1, -0.05) is 12.1 Å². The molecule has 1 N–H and O–H groups in total. The zero-order valence-electron chi connectivity index (χ0n) is 16.7. The average Bonchev–Trinajstić information content (AvgIpc) is 2.72. The van der Waals surface area contributed by atoms with Crippen LogP contribution in [0, 0.1) is 0 Å². The number of hydrogen-bond acceptors (Lipinski definition) is 6. The van der Waals surface area contributed by atoms with Crippen LogP contribution in [0.3, 0.4) is 0 Å². The van der Waals surface area contributed by atoms with Crippen molar-refractivity contribution in [1.29, 1.82) is 0 Å². The van der Waals surface area contributed by atoms with Gasteiger partial charge in [0.25, 0.3) is 0 Å². The van der Waals surface area contributed by atoms with Gasteiger partial charge in [0.1, 0.15) is 0 Å². The molecule has 158 valence electrons. The van der Waals surface area contributed by atoms with Crippen molar-refractivity contribution in [3.63, 3.8) is 0 Å². The Hall–Kier alpha value is -3.36. The van der Waals surface area contributed by atoms with Crippen LogP contribution in [0.1, 0.15) is 32.2 Å². The van der Waals surface area contributed by atoms with Crippen molar-refractivity contribution in [2.24, 2.45) is 5.10 Å². The molecule has 0 fully saturated rings. The molecule has 0 amide bonds. The molecule has 30 heavy (non-hydrogen) atoms. The molecule has 0 atom stereocenters. The lowest BCUT2D eigenvalue weighted by atomic mass is 10.1. The lowest BCUT2D eigenvalue weighted by molar-refractivity contribution is -0.144. The second-order valence-electron chi connectivity index (χ2n) is 6.25. The number of hydrazone groups is 1. The van der Waals surface area contributed by atoms with E-state index in [-0.39, 0.29) is 11.3 Å². The van der Waals surface area contributed by atoms with Gasteiger partial charge in [0.15, 0.2) is 17.3 Å². The number of rotatable bonds is 7. The lowest BCUT2D eigenvalue weighted by Crippen LogP contribution is -2.13. The predicted octanol–water partition coefficient (Wildman–Crippen LogP) is 5.28. The number of halogens is 3. The third-order valence-electron chi connectivity index (χ3n) is 4.15. The molecule has 1 heterocycles. The van der Waals surface area contributed by atoms with Gasteiger partial charge in [-0.2, -0.15) is 18.3 Å². The molecule has 0 unspecified atom stereocenters. The maximum absolute atomic E-state index is 13.2. The molecule has 2 aromatic carbocycles. The van der Waals surface area contributed by atoms with E-state index in [1.807, 2.05) is 13.8 Å². The van der Waals surface area contributed by atoms with Crippen molar-refractivity contribution in [2.75, 3.05) is 18.6 Å². The Kier molecular flexibility index (Phi) is 6.39. The summed E-state index contributed by atoms with van der Waals surface area (Å²) in [5, 5.41) is 4.66. The highest BCUT2D eigenvalue weighted by Gasteiger charge is 2.35. The van der Waals surface area contributed by atoms with E-state index in [2.05, 4.69) is 20.5 Å². The molecule has 0 bridgehead atoms. The Morgan fingerprint density at radius 2 is 1.70 bits per heavy atom. The van der Waals surface area contributed by atoms with Crippen LogP contribution >= 0.6 is 0 Å². The fourth-order valence-electron chi connectivity index (χ4n) is 2.77. The quantitative estimate of drug-likeness (QED) is 0.418. The van der Waals surface area contributed by atoms with Crippen molar-refractivity contribution in [3.8, 4) is 11.5 Å². The number of nitrogens with one attached hydrogen (secondary N) is 1. The maximum Gasteiger partial charge on any atom is 0.451 e. The first kappa shape index (κ1) is 21.4. The summed E-state index contributed by atoms with van der Waals surface area (Å²) in [6.45, 7) is 6.43. The Bertz CT molecular complexity index is 1070. The van der Waals surface area contributed by atoms with Gasteiger partial charge in [-0.25, -0.2) is 9.97 Å². The zero-order chi connectivity index (χ0) is 21.7. The van der Waals surface area contributed by atoms with E-state index in [0.717, 1.165) is 5.56 Å². The lowest BCUT2D eigenvalue weighted by Gasteiger charge is -2.13. The van der Waals surface area contributed by atoms with E-state index in [4.69, 9.17) is 9.47 Å². The predicted molar refractivity (Wildman–Crippen MR) is 109 cm³/mol. The molecule has 1 aromatic heterocycles. The molecule has 0 radical (unpaired) electrons. The normalized spacial score (nSPS) is 12.1. The second kappa shape index (κ2) is 8.98. The Balaban J connectivity index is 1.95. The molecular formula is C21H21F3N4O2. The summed E-state index contributed by atoms with van der Waals surface area (Å²) in [5.74, 6) is -0.0711. The minimum atomic E-state index is -4.67. The molecular weight excluding hydrogens is 397 g/mol. The molecule has 0 saturated heterocycles. The van der Waals surface area contributed by atoms with Crippen LogP contribution in [0.25, 0.3) is 10.9 Å². The van der Waals surface area contributed by atoms with Gasteiger partial charge in [-0.05, 0) is 51.1 Å². The number of aromatic nitrogens is 2. The van der Waals surface area contributed by atoms with Crippen LogP contribution < -0.4 is 14.9 Å². The van der Waals surface area contributed by atoms with E-state index in [0.29, 0.717) is 35.8 Å². The number of alkyl halides is 3. The number of ether oxygens (including phenoxy) is 2. The smallest absolute Gasteiger partial charge is 0.451 e. The number of anilines is 1. The van der Waals surface area contributed by atoms with E-state index in [9.17, 15) is 13.2 Å². The summed E-state index contributed by atoms with van der Waals surface area (Å²) in [6, 6.07) is 11.8. The largest absolute Gasteiger partial charge is 0.490 e. The number of benzene rings is 2. The van der Waals surface area contributed by atoms with Crippen molar-refractivity contribution in [3.05, 3.63) is 53.9 Å².